The molecular formula is C37H37N5O4. The Morgan fingerprint density at radius 2 is 1.22 bits per heavy atom. The number of aromatic nitrogens is 5. The second-order valence-corrected chi connectivity index (χ2v) is 11.7. The third-order valence-corrected chi connectivity index (χ3v) is 8.82. The number of benzene rings is 2. The zero-order valence-corrected chi connectivity index (χ0v) is 26.3. The van der Waals surface area contributed by atoms with Crippen molar-refractivity contribution in [1.29, 1.82) is 0 Å². The lowest BCUT2D eigenvalue weighted by molar-refractivity contribution is 0.0516. The van der Waals surface area contributed by atoms with Crippen molar-refractivity contribution in [2.24, 2.45) is 0 Å². The molecule has 0 fully saturated rings. The van der Waals surface area contributed by atoms with Crippen LogP contribution in [0.3, 0.4) is 0 Å². The summed E-state index contributed by atoms with van der Waals surface area (Å²) >= 11 is 0. The molecule has 9 heteroatoms. The van der Waals surface area contributed by atoms with Gasteiger partial charge in [-0.15, -0.1) is 0 Å². The Labute approximate surface area is 268 Å². The molecule has 2 aromatic carbocycles. The molecule has 0 aliphatic heterocycles. The van der Waals surface area contributed by atoms with Crippen molar-refractivity contribution in [2.45, 2.75) is 65.2 Å². The lowest BCUT2D eigenvalue weighted by atomic mass is 9.94. The number of fused-ring (bicyclic) bond motifs is 2. The SMILES string of the molecule is CCOC(=O)c1ccc(-n2nc(-c3cccc(-c4c5c(nn4-c4ccc(C(=O)OCC)cc4)CCCC5)n3)c3c2CCCC3)cc1. The van der Waals surface area contributed by atoms with Crippen LogP contribution in [0.25, 0.3) is 34.2 Å². The second kappa shape index (κ2) is 12.7. The summed E-state index contributed by atoms with van der Waals surface area (Å²) in [5.74, 6) is -0.657. The molecule has 3 aromatic heterocycles. The Morgan fingerprint density at radius 1 is 0.652 bits per heavy atom. The first kappa shape index (κ1) is 29.6. The molecule has 0 saturated carbocycles. The lowest BCUT2D eigenvalue weighted by Gasteiger charge is -2.15. The Bertz CT molecular complexity index is 1900. The van der Waals surface area contributed by atoms with E-state index in [1.807, 2.05) is 39.7 Å². The molecule has 2 aliphatic rings. The maximum absolute atomic E-state index is 12.3. The van der Waals surface area contributed by atoms with Gasteiger partial charge in [-0.25, -0.2) is 23.9 Å². The van der Waals surface area contributed by atoms with Gasteiger partial charge in [0.25, 0.3) is 0 Å². The van der Waals surface area contributed by atoms with Crippen molar-refractivity contribution in [3.05, 3.63) is 100 Å². The molecule has 0 radical (unpaired) electrons. The van der Waals surface area contributed by atoms with E-state index in [0.717, 1.165) is 91.2 Å². The minimum atomic E-state index is -0.332. The van der Waals surface area contributed by atoms with Gasteiger partial charge in [0, 0.05) is 16.8 Å². The van der Waals surface area contributed by atoms with Crippen molar-refractivity contribution in [1.82, 2.24) is 24.5 Å². The van der Waals surface area contributed by atoms with E-state index in [2.05, 4.69) is 12.1 Å². The fraction of sp³-hybridized carbons (Fsp3) is 0.324. The summed E-state index contributed by atoms with van der Waals surface area (Å²) in [4.78, 5) is 29.8. The van der Waals surface area contributed by atoms with Gasteiger partial charge in [0.1, 0.15) is 5.69 Å². The van der Waals surface area contributed by atoms with E-state index in [0.29, 0.717) is 24.3 Å². The molecule has 0 saturated heterocycles. The molecule has 0 amide bonds. The van der Waals surface area contributed by atoms with Crippen LogP contribution in [0.5, 0.6) is 0 Å². The van der Waals surface area contributed by atoms with Gasteiger partial charge in [-0.3, -0.25) is 0 Å². The molecule has 0 N–H and O–H groups in total. The summed E-state index contributed by atoms with van der Waals surface area (Å²) in [6.45, 7) is 4.29. The maximum atomic E-state index is 12.3. The third-order valence-electron chi connectivity index (χ3n) is 8.82. The number of rotatable bonds is 8. The van der Waals surface area contributed by atoms with Crippen molar-refractivity contribution in [3.63, 3.8) is 0 Å². The van der Waals surface area contributed by atoms with E-state index in [9.17, 15) is 9.59 Å². The Hall–Kier alpha value is -5.05. The molecule has 234 valence electrons. The molecule has 0 atom stereocenters. The van der Waals surface area contributed by atoms with Crippen LogP contribution in [0.4, 0.5) is 0 Å². The minimum absolute atomic E-state index is 0.324. The Morgan fingerprint density at radius 3 is 1.87 bits per heavy atom. The number of carbonyl (C=O) groups is 2. The van der Waals surface area contributed by atoms with Crippen molar-refractivity contribution in [3.8, 4) is 34.2 Å². The van der Waals surface area contributed by atoms with Gasteiger partial charge in [0.2, 0.25) is 0 Å². The lowest BCUT2D eigenvalue weighted by Crippen LogP contribution is -2.08. The van der Waals surface area contributed by atoms with Crippen LogP contribution in [-0.4, -0.2) is 49.7 Å². The van der Waals surface area contributed by atoms with E-state index in [1.54, 1.807) is 38.1 Å². The zero-order chi connectivity index (χ0) is 31.6. The number of hydrogen-bond acceptors (Lipinski definition) is 7. The van der Waals surface area contributed by atoms with E-state index in [4.69, 9.17) is 24.7 Å². The zero-order valence-electron chi connectivity index (χ0n) is 26.3. The minimum Gasteiger partial charge on any atom is -0.462 e. The van der Waals surface area contributed by atoms with Crippen LogP contribution >= 0.6 is 0 Å². The number of carbonyl (C=O) groups excluding carboxylic acids is 2. The maximum Gasteiger partial charge on any atom is 0.338 e. The van der Waals surface area contributed by atoms with E-state index in [1.165, 1.54) is 16.8 Å². The Kier molecular flexibility index (Phi) is 8.22. The van der Waals surface area contributed by atoms with Gasteiger partial charge in [0.05, 0.1) is 58.5 Å². The van der Waals surface area contributed by atoms with Crippen LogP contribution in [-0.2, 0) is 35.2 Å². The summed E-state index contributed by atoms with van der Waals surface area (Å²) in [5.41, 5.74) is 11.1. The van der Waals surface area contributed by atoms with Gasteiger partial charge in [-0.2, -0.15) is 10.2 Å². The van der Waals surface area contributed by atoms with Gasteiger partial charge in [-0.1, -0.05) is 6.07 Å². The first-order valence-corrected chi connectivity index (χ1v) is 16.3. The highest BCUT2D eigenvalue weighted by Gasteiger charge is 2.27. The first-order chi connectivity index (χ1) is 22.6. The third kappa shape index (κ3) is 5.50. The van der Waals surface area contributed by atoms with Crippen LogP contribution in [0.2, 0.25) is 0 Å². The first-order valence-electron chi connectivity index (χ1n) is 16.3. The average Bonchev–Trinajstić information content (AvgIpc) is 3.68. The Balaban J connectivity index is 1.29. The van der Waals surface area contributed by atoms with Gasteiger partial charge >= 0.3 is 11.9 Å². The smallest absolute Gasteiger partial charge is 0.338 e. The molecule has 7 rings (SSSR count). The number of aryl methyl sites for hydroxylation is 1. The average molecular weight is 616 g/mol. The van der Waals surface area contributed by atoms with Crippen LogP contribution < -0.4 is 0 Å². The summed E-state index contributed by atoms with van der Waals surface area (Å²) in [6, 6.07) is 21.0. The van der Waals surface area contributed by atoms with Crippen molar-refractivity contribution in [2.75, 3.05) is 13.2 Å². The molecule has 2 aliphatic carbocycles. The van der Waals surface area contributed by atoms with Crippen molar-refractivity contribution >= 4 is 11.9 Å². The predicted molar refractivity (Wildman–Crippen MR) is 175 cm³/mol. The monoisotopic (exact) mass is 615 g/mol. The summed E-state index contributed by atoms with van der Waals surface area (Å²) < 4.78 is 14.4. The molecule has 0 spiro atoms. The number of nitrogens with zero attached hydrogens (tertiary/aromatic N) is 5. The fourth-order valence-electron chi connectivity index (χ4n) is 6.63. The molecule has 3 heterocycles. The molecule has 46 heavy (non-hydrogen) atoms. The summed E-state index contributed by atoms with van der Waals surface area (Å²) in [6.07, 6.45) is 8.19. The van der Waals surface area contributed by atoms with E-state index < -0.39 is 0 Å². The predicted octanol–water partition coefficient (Wildman–Crippen LogP) is 6.90. The normalized spacial score (nSPS) is 14.0. The molecule has 0 unspecified atom stereocenters. The van der Waals surface area contributed by atoms with Gasteiger partial charge < -0.3 is 9.47 Å². The number of hydrogen-bond donors (Lipinski definition) is 0. The number of ether oxygens (including phenoxy) is 2. The van der Waals surface area contributed by atoms with Crippen molar-refractivity contribution < 1.29 is 19.1 Å². The fourth-order valence-corrected chi connectivity index (χ4v) is 6.63. The van der Waals surface area contributed by atoms with Crippen LogP contribution in [0, 0.1) is 0 Å². The van der Waals surface area contributed by atoms with E-state index in [-0.39, 0.29) is 11.9 Å². The highest BCUT2D eigenvalue weighted by molar-refractivity contribution is 5.90. The standard InChI is InChI=1S/C37H37N5O4/c1-3-45-36(43)24-16-20-26(21-17-24)41-33-15-8-6-11-29(33)34(40-41)31-13-9-14-32(38-31)35-28-10-5-7-12-30(28)39-42(35)27-22-18-25(19-23-27)37(44)46-4-2/h9,13-14,16-23H,3-8,10-12,15H2,1-2H3. The number of esters is 2. The van der Waals surface area contributed by atoms with Gasteiger partial charge in [-0.05, 0) is 126 Å². The van der Waals surface area contributed by atoms with Gasteiger partial charge in [0.15, 0.2) is 0 Å². The van der Waals surface area contributed by atoms with E-state index >= 15 is 0 Å². The molecular weight excluding hydrogens is 578 g/mol. The molecule has 5 aromatic rings. The highest BCUT2D eigenvalue weighted by Crippen LogP contribution is 2.36. The molecule has 9 nitrogen and oxygen atoms in total. The molecule has 0 bridgehead atoms. The van der Waals surface area contributed by atoms with Crippen LogP contribution in [0.15, 0.2) is 66.7 Å². The second-order valence-electron chi connectivity index (χ2n) is 11.7. The largest absolute Gasteiger partial charge is 0.462 e. The number of pyridine rings is 1. The van der Waals surface area contributed by atoms with Crippen LogP contribution in [0.1, 0.15) is 82.8 Å². The highest BCUT2D eigenvalue weighted by atomic mass is 16.5. The summed E-state index contributed by atoms with van der Waals surface area (Å²) in [7, 11) is 0. The topological polar surface area (TPSA) is 101 Å². The quantitative estimate of drug-likeness (QED) is 0.175. The summed E-state index contributed by atoms with van der Waals surface area (Å²) in [5, 5.41) is 10.2.